The molecule has 0 unspecified atom stereocenters. The van der Waals surface area contributed by atoms with Crippen LogP contribution < -0.4 is 0 Å². The lowest BCUT2D eigenvalue weighted by Crippen LogP contribution is -2.07. The number of hydrogen-bond donors (Lipinski definition) is 1. The van der Waals surface area contributed by atoms with Gasteiger partial charge in [-0.15, -0.1) is 0 Å². The van der Waals surface area contributed by atoms with Crippen molar-refractivity contribution in [3.05, 3.63) is 58.4 Å². The van der Waals surface area contributed by atoms with E-state index >= 15 is 0 Å². The van der Waals surface area contributed by atoms with Crippen LogP contribution >= 0.6 is 11.6 Å². The van der Waals surface area contributed by atoms with Crippen molar-refractivity contribution in [2.45, 2.75) is 6.92 Å². The van der Waals surface area contributed by atoms with Crippen LogP contribution in [0, 0.1) is 5.82 Å². The van der Waals surface area contributed by atoms with Gasteiger partial charge in [0, 0.05) is 0 Å². The summed E-state index contributed by atoms with van der Waals surface area (Å²) in [4.78, 5) is 22.9. The van der Waals surface area contributed by atoms with Gasteiger partial charge in [0.2, 0.25) is 0 Å². The Morgan fingerprint density at radius 2 is 2.00 bits per heavy atom. The molecule has 0 atom stereocenters. The van der Waals surface area contributed by atoms with E-state index in [0.717, 1.165) is 6.07 Å². The van der Waals surface area contributed by atoms with E-state index in [9.17, 15) is 19.1 Å². The molecule has 22 heavy (non-hydrogen) atoms. The minimum Gasteiger partial charge on any atom is -0.478 e. The topological polar surface area (TPSA) is 63.6 Å². The van der Waals surface area contributed by atoms with E-state index in [1.807, 2.05) is 0 Å². The van der Waals surface area contributed by atoms with Gasteiger partial charge in [-0.1, -0.05) is 29.8 Å². The molecule has 0 aromatic heterocycles. The van der Waals surface area contributed by atoms with Gasteiger partial charge in [-0.2, -0.15) is 0 Å². The Bertz CT molecular complexity index is 743. The Morgan fingerprint density at radius 1 is 1.27 bits per heavy atom. The maximum Gasteiger partial charge on any atom is 0.341 e. The van der Waals surface area contributed by atoms with Crippen LogP contribution in [-0.4, -0.2) is 23.7 Å². The Morgan fingerprint density at radius 3 is 2.59 bits per heavy atom. The number of hydrogen-bond acceptors (Lipinski definition) is 3. The van der Waals surface area contributed by atoms with Crippen molar-refractivity contribution in [1.82, 2.24) is 0 Å². The third kappa shape index (κ3) is 3.09. The van der Waals surface area contributed by atoms with Gasteiger partial charge in [0.15, 0.2) is 0 Å². The van der Waals surface area contributed by atoms with Crippen LogP contribution in [-0.2, 0) is 4.74 Å². The highest BCUT2D eigenvalue weighted by atomic mass is 35.5. The molecule has 0 fully saturated rings. The predicted molar refractivity (Wildman–Crippen MR) is 79.8 cm³/mol. The quantitative estimate of drug-likeness (QED) is 0.863. The number of ether oxygens (including phenoxy) is 1. The number of rotatable bonds is 4. The number of esters is 1. The molecule has 0 heterocycles. The van der Waals surface area contributed by atoms with Crippen molar-refractivity contribution in [1.29, 1.82) is 0 Å². The number of carbonyl (C=O) groups is 2. The molecule has 0 bridgehead atoms. The molecule has 0 saturated heterocycles. The minimum atomic E-state index is -1.21. The lowest BCUT2D eigenvalue weighted by atomic mass is 9.98. The standard InChI is InChI=1S/C16H12ClFO4/c1-2-22-16(21)11-7-6-9(8-13(11)18)10-4-3-5-12(17)14(10)15(19)20/h3-8H,2H2,1H3,(H,19,20). The van der Waals surface area contributed by atoms with Crippen LogP contribution in [0.5, 0.6) is 0 Å². The highest BCUT2D eigenvalue weighted by Gasteiger charge is 2.18. The molecule has 2 aromatic rings. The molecule has 0 radical (unpaired) electrons. The first kappa shape index (κ1) is 16.0. The highest BCUT2D eigenvalue weighted by Crippen LogP contribution is 2.30. The van der Waals surface area contributed by atoms with Crippen LogP contribution in [0.4, 0.5) is 4.39 Å². The van der Waals surface area contributed by atoms with E-state index in [0.29, 0.717) is 5.56 Å². The van der Waals surface area contributed by atoms with Crippen LogP contribution in [0.15, 0.2) is 36.4 Å². The van der Waals surface area contributed by atoms with Crippen molar-refractivity contribution in [3.8, 4) is 11.1 Å². The average Bonchev–Trinajstić information content (AvgIpc) is 2.46. The molecule has 2 aromatic carbocycles. The Labute approximate surface area is 131 Å². The zero-order valence-corrected chi connectivity index (χ0v) is 12.4. The maximum atomic E-state index is 14.1. The van der Waals surface area contributed by atoms with Crippen LogP contribution in [0.25, 0.3) is 11.1 Å². The predicted octanol–water partition coefficient (Wildman–Crippen LogP) is 4.02. The van der Waals surface area contributed by atoms with Crippen LogP contribution in [0.2, 0.25) is 5.02 Å². The van der Waals surface area contributed by atoms with Gasteiger partial charge in [0.05, 0.1) is 22.8 Å². The molecule has 0 aliphatic heterocycles. The summed E-state index contributed by atoms with van der Waals surface area (Å²) < 4.78 is 18.8. The van der Waals surface area contributed by atoms with Crippen molar-refractivity contribution in [2.75, 3.05) is 6.61 Å². The van der Waals surface area contributed by atoms with Gasteiger partial charge < -0.3 is 9.84 Å². The second kappa shape index (κ2) is 6.58. The summed E-state index contributed by atoms with van der Waals surface area (Å²) in [7, 11) is 0. The van der Waals surface area contributed by atoms with Gasteiger partial charge >= 0.3 is 11.9 Å². The first-order chi connectivity index (χ1) is 10.5. The van der Waals surface area contributed by atoms with Crippen LogP contribution in [0.1, 0.15) is 27.6 Å². The zero-order valence-electron chi connectivity index (χ0n) is 11.6. The van der Waals surface area contributed by atoms with Gasteiger partial charge in [-0.25, -0.2) is 14.0 Å². The number of aromatic carboxylic acids is 1. The molecular formula is C16H12ClFO4. The Kier molecular flexibility index (Phi) is 4.78. The molecule has 0 spiro atoms. The fourth-order valence-corrected chi connectivity index (χ4v) is 2.29. The third-order valence-electron chi connectivity index (χ3n) is 3.00. The van der Waals surface area contributed by atoms with E-state index in [4.69, 9.17) is 16.3 Å². The summed E-state index contributed by atoms with van der Waals surface area (Å²) in [5, 5.41) is 9.29. The van der Waals surface area contributed by atoms with Gasteiger partial charge in [-0.3, -0.25) is 0 Å². The molecular weight excluding hydrogens is 311 g/mol. The summed E-state index contributed by atoms with van der Waals surface area (Å²) in [5.74, 6) is -2.76. The van der Waals surface area contributed by atoms with E-state index in [1.54, 1.807) is 13.0 Å². The SMILES string of the molecule is CCOC(=O)c1ccc(-c2cccc(Cl)c2C(=O)O)cc1F. The van der Waals surface area contributed by atoms with Crippen molar-refractivity contribution >= 4 is 23.5 Å². The van der Waals surface area contributed by atoms with Gasteiger partial charge in [0.1, 0.15) is 5.82 Å². The normalized spacial score (nSPS) is 10.3. The van der Waals surface area contributed by atoms with Gasteiger partial charge in [0.25, 0.3) is 0 Å². The van der Waals surface area contributed by atoms with E-state index < -0.39 is 17.8 Å². The number of halogens is 2. The fraction of sp³-hybridized carbons (Fsp3) is 0.125. The fourth-order valence-electron chi connectivity index (χ4n) is 2.04. The molecule has 6 heteroatoms. The molecule has 1 N–H and O–H groups in total. The Hall–Kier alpha value is -2.40. The lowest BCUT2D eigenvalue weighted by molar-refractivity contribution is 0.0520. The summed E-state index contributed by atoms with van der Waals surface area (Å²) >= 11 is 5.89. The number of benzene rings is 2. The largest absolute Gasteiger partial charge is 0.478 e. The summed E-state index contributed by atoms with van der Waals surface area (Å²) in [6.07, 6.45) is 0. The summed E-state index contributed by atoms with van der Waals surface area (Å²) in [6, 6.07) is 8.33. The van der Waals surface area contributed by atoms with Crippen molar-refractivity contribution in [2.24, 2.45) is 0 Å². The second-order valence-electron chi connectivity index (χ2n) is 4.38. The number of carboxylic acids is 1. The monoisotopic (exact) mass is 322 g/mol. The highest BCUT2D eigenvalue weighted by molar-refractivity contribution is 6.34. The molecule has 114 valence electrons. The van der Waals surface area contributed by atoms with Crippen molar-refractivity contribution < 1.29 is 23.8 Å². The first-order valence-electron chi connectivity index (χ1n) is 6.44. The van der Waals surface area contributed by atoms with Crippen molar-refractivity contribution in [3.63, 3.8) is 0 Å². The molecule has 0 aliphatic carbocycles. The average molecular weight is 323 g/mol. The molecule has 2 rings (SSSR count). The summed E-state index contributed by atoms with van der Waals surface area (Å²) in [5.41, 5.74) is 0.261. The second-order valence-corrected chi connectivity index (χ2v) is 4.79. The maximum absolute atomic E-state index is 14.1. The first-order valence-corrected chi connectivity index (χ1v) is 6.82. The van der Waals surface area contributed by atoms with Gasteiger partial charge in [-0.05, 0) is 36.2 Å². The summed E-state index contributed by atoms with van der Waals surface area (Å²) in [6.45, 7) is 1.76. The molecule has 4 nitrogen and oxygen atoms in total. The van der Waals surface area contributed by atoms with E-state index in [1.165, 1.54) is 24.3 Å². The zero-order chi connectivity index (χ0) is 16.3. The Balaban J connectivity index is 2.52. The molecule has 0 saturated carbocycles. The number of carbonyl (C=O) groups excluding carboxylic acids is 1. The lowest BCUT2D eigenvalue weighted by Gasteiger charge is -2.10. The molecule has 0 amide bonds. The van der Waals surface area contributed by atoms with E-state index in [-0.39, 0.29) is 28.3 Å². The minimum absolute atomic E-state index is 0.0554. The van der Waals surface area contributed by atoms with Crippen LogP contribution in [0.3, 0.4) is 0 Å². The molecule has 0 aliphatic rings. The third-order valence-corrected chi connectivity index (χ3v) is 3.32. The van der Waals surface area contributed by atoms with E-state index in [2.05, 4.69) is 0 Å². The number of carboxylic acid groups (broad SMARTS) is 1. The smallest absolute Gasteiger partial charge is 0.341 e.